The van der Waals surface area contributed by atoms with E-state index in [2.05, 4.69) is 20.9 Å². The number of carbonyl (C=O) groups excluding carboxylic acids is 1. The second kappa shape index (κ2) is 11.8. The Morgan fingerprint density at radius 3 is 2.65 bits per heavy atom. The van der Waals surface area contributed by atoms with Gasteiger partial charge in [0.2, 0.25) is 5.88 Å². The number of hydrogen-bond donors (Lipinski definition) is 3. The molecule has 2 aromatic rings. The van der Waals surface area contributed by atoms with Crippen LogP contribution in [0.1, 0.15) is 31.7 Å². The number of hydrogen-bond acceptors (Lipinski definition) is 7. The lowest BCUT2D eigenvalue weighted by Gasteiger charge is -2.29. The topological polar surface area (TPSA) is 113 Å². The van der Waals surface area contributed by atoms with Crippen LogP contribution >= 0.6 is 0 Å². The summed E-state index contributed by atoms with van der Waals surface area (Å²) in [6.07, 6.45) is 0.0572. The zero-order chi connectivity index (χ0) is 27.2. The van der Waals surface area contributed by atoms with Crippen molar-refractivity contribution in [1.29, 1.82) is 5.41 Å². The average Bonchev–Trinajstić information content (AvgIpc) is 2.83. The fraction of sp³-hybridized carbons (Fsp3) is 0.333. The van der Waals surface area contributed by atoms with E-state index in [1.54, 1.807) is 20.8 Å². The van der Waals surface area contributed by atoms with Crippen molar-refractivity contribution in [2.24, 2.45) is 0 Å². The number of alkyl halides is 3. The summed E-state index contributed by atoms with van der Waals surface area (Å²) in [6, 6.07) is 5.38. The fourth-order valence-corrected chi connectivity index (χ4v) is 5.26. The number of aromatic nitrogens is 1. The van der Waals surface area contributed by atoms with Crippen LogP contribution in [0.4, 0.5) is 13.2 Å². The molecule has 1 heterocycles. The van der Waals surface area contributed by atoms with E-state index in [-0.39, 0.29) is 24.8 Å². The Morgan fingerprint density at radius 2 is 2.05 bits per heavy atom. The molecule has 1 aliphatic carbocycles. The molecule has 1 aromatic carbocycles. The highest BCUT2D eigenvalue weighted by Gasteiger charge is 2.30. The molecular weight excluding hydrogens is 508 g/mol. The van der Waals surface area contributed by atoms with Crippen LogP contribution in [0.3, 0.4) is 0 Å². The molecule has 0 spiro atoms. The summed E-state index contributed by atoms with van der Waals surface area (Å²) >= 11 is 0. The number of pyridine rings is 1. The predicted octanol–water partition coefficient (Wildman–Crippen LogP) is 2.34. The smallest absolute Gasteiger partial charge is 0.416 e. The van der Waals surface area contributed by atoms with Crippen molar-refractivity contribution >= 4 is 41.1 Å². The van der Waals surface area contributed by atoms with Gasteiger partial charge in [-0.2, -0.15) is 13.2 Å². The molecule has 1 aromatic heterocycles. The highest BCUT2D eigenvalue weighted by Crippen LogP contribution is 2.31. The molecule has 0 amide bonds. The third kappa shape index (κ3) is 7.36. The molecule has 37 heavy (non-hydrogen) atoms. The Balaban J connectivity index is 1.74. The second-order valence-corrected chi connectivity index (χ2v) is 10.4. The molecule has 13 heteroatoms. The van der Waals surface area contributed by atoms with Gasteiger partial charge in [-0.25, -0.2) is 13.9 Å². The largest absolute Gasteiger partial charge is 0.465 e. The highest BCUT2D eigenvalue weighted by atomic mass is 32.2. The molecule has 1 aliphatic rings. The van der Waals surface area contributed by atoms with Gasteiger partial charge in [-0.15, -0.1) is 0 Å². The Hall–Kier alpha value is -3.32. The summed E-state index contributed by atoms with van der Waals surface area (Å²) in [5.41, 5.74) is 1.01. The molecule has 0 aliphatic heterocycles. The normalized spacial score (nSPS) is 17.6. The van der Waals surface area contributed by atoms with Gasteiger partial charge < -0.3 is 20.2 Å². The standard InChI is InChI=1S/C24H28BF3N4O4S/c1-3-35-22(33)14-30-20-5-4-6-21(18(20)12-29)32-37(2,34)17-11-19(25)23(31-13-17)36-16-9-7-15(8-10-16)24(26,27)28/h7-13,21,29-30H,2-6,14,25H2,1H3,(H,32,34). The second-order valence-electron chi connectivity index (χ2n) is 8.39. The zero-order valence-electron chi connectivity index (χ0n) is 20.5. The van der Waals surface area contributed by atoms with Crippen molar-refractivity contribution in [2.45, 2.75) is 43.3 Å². The number of ether oxygens (including phenoxy) is 2. The number of allylic oxidation sites excluding steroid dienone is 1. The lowest BCUT2D eigenvalue weighted by atomic mass is 9.92. The van der Waals surface area contributed by atoms with Crippen LogP contribution in [-0.2, 0) is 25.4 Å². The number of benzene rings is 1. The molecule has 3 rings (SSSR count). The first-order chi connectivity index (χ1) is 17.4. The van der Waals surface area contributed by atoms with E-state index in [1.807, 2.05) is 0 Å². The highest BCUT2D eigenvalue weighted by molar-refractivity contribution is 7.98. The molecule has 0 radical (unpaired) electrons. The van der Waals surface area contributed by atoms with Gasteiger partial charge in [0.05, 0.1) is 26.8 Å². The summed E-state index contributed by atoms with van der Waals surface area (Å²) in [4.78, 5) is 16.2. The van der Waals surface area contributed by atoms with E-state index >= 15 is 0 Å². The van der Waals surface area contributed by atoms with Gasteiger partial charge in [-0.3, -0.25) is 4.79 Å². The quantitative estimate of drug-likeness (QED) is 0.186. The summed E-state index contributed by atoms with van der Waals surface area (Å²) in [6.45, 7) is 1.96. The van der Waals surface area contributed by atoms with Gasteiger partial charge in [-0.1, -0.05) is 0 Å². The summed E-state index contributed by atoms with van der Waals surface area (Å²) in [7, 11) is -1.38. The van der Waals surface area contributed by atoms with Crippen LogP contribution in [0, 0.1) is 5.41 Å². The minimum Gasteiger partial charge on any atom is -0.465 e. The molecule has 2 unspecified atom stereocenters. The van der Waals surface area contributed by atoms with E-state index in [9.17, 15) is 22.2 Å². The molecule has 198 valence electrons. The maximum absolute atomic E-state index is 13.5. The van der Waals surface area contributed by atoms with Crippen molar-refractivity contribution in [3.8, 4) is 11.6 Å². The van der Waals surface area contributed by atoms with E-state index in [0.29, 0.717) is 34.5 Å². The minimum atomic E-state index is -4.45. The SMILES string of the molecule is Bc1cc(S(=C)(=O)NC2CCCC(NCC(=O)OCC)=C2C=N)cnc1Oc1ccc(C(F)(F)F)cc1. The summed E-state index contributed by atoms with van der Waals surface area (Å²) in [5, 5.41) is 10.9. The third-order valence-corrected chi connectivity index (χ3v) is 7.32. The molecule has 0 fully saturated rings. The van der Waals surface area contributed by atoms with Crippen molar-refractivity contribution in [3.05, 3.63) is 53.4 Å². The molecule has 0 saturated heterocycles. The van der Waals surface area contributed by atoms with E-state index < -0.39 is 33.5 Å². The Bertz CT molecular complexity index is 1280. The van der Waals surface area contributed by atoms with E-state index in [0.717, 1.165) is 18.6 Å². The number of carbonyl (C=O) groups is 1. The van der Waals surface area contributed by atoms with Crippen molar-refractivity contribution in [2.75, 3.05) is 13.2 Å². The Labute approximate surface area is 214 Å². The van der Waals surface area contributed by atoms with Gasteiger partial charge in [-0.05, 0) is 67.9 Å². The first kappa shape index (κ1) is 28.3. The molecule has 3 N–H and O–H groups in total. The zero-order valence-corrected chi connectivity index (χ0v) is 21.3. The number of esters is 1. The van der Waals surface area contributed by atoms with E-state index in [4.69, 9.17) is 14.9 Å². The van der Waals surface area contributed by atoms with Crippen LogP contribution in [0.5, 0.6) is 11.6 Å². The minimum absolute atomic E-state index is 0.0313. The van der Waals surface area contributed by atoms with Gasteiger partial charge in [0, 0.05) is 29.7 Å². The lowest BCUT2D eigenvalue weighted by Crippen LogP contribution is -2.41. The van der Waals surface area contributed by atoms with Crippen molar-refractivity contribution in [1.82, 2.24) is 15.0 Å². The number of rotatable bonds is 10. The number of halogens is 3. The van der Waals surface area contributed by atoms with Gasteiger partial charge >= 0.3 is 12.1 Å². The van der Waals surface area contributed by atoms with Crippen LogP contribution in [0.2, 0.25) is 0 Å². The van der Waals surface area contributed by atoms with Crippen LogP contribution in [0.15, 0.2) is 52.7 Å². The predicted molar refractivity (Wildman–Crippen MR) is 139 cm³/mol. The first-order valence-corrected chi connectivity index (χ1v) is 13.3. The number of nitrogens with zero attached hydrogens (tertiary/aromatic N) is 1. The monoisotopic (exact) mass is 536 g/mol. The lowest BCUT2D eigenvalue weighted by molar-refractivity contribution is -0.142. The molecule has 8 nitrogen and oxygen atoms in total. The Kier molecular flexibility index (Phi) is 9.03. The van der Waals surface area contributed by atoms with Crippen molar-refractivity contribution in [3.63, 3.8) is 0 Å². The molecular formula is C24H28BF3N4O4S. The molecule has 2 atom stereocenters. The van der Waals surface area contributed by atoms with Crippen LogP contribution in [0.25, 0.3) is 0 Å². The van der Waals surface area contributed by atoms with Gasteiger partial charge in [0.15, 0.2) is 0 Å². The van der Waals surface area contributed by atoms with Crippen molar-refractivity contribution < 1.29 is 31.6 Å². The first-order valence-electron chi connectivity index (χ1n) is 11.5. The Morgan fingerprint density at radius 1 is 1.35 bits per heavy atom. The maximum atomic E-state index is 13.5. The van der Waals surface area contributed by atoms with Crippen LogP contribution in [-0.4, -0.2) is 54.3 Å². The average molecular weight is 536 g/mol. The van der Waals surface area contributed by atoms with Gasteiger partial charge in [0.25, 0.3) is 0 Å². The fourth-order valence-electron chi connectivity index (χ4n) is 3.83. The number of nitrogens with one attached hydrogen (secondary N) is 3. The summed E-state index contributed by atoms with van der Waals surface area (Å²) in [5.74, 6) is 3.78. The van der Waals surface area contributed by atoms with Crippen LogP contribution < -0.4 is 20.2 Å². The third-order valence-electron chi connectivity index (χ3n) is 5.67. The molecule has 0 bridgehead atoms. The summed E-state index contributed by atoms with van der Waals surface area (Å²) < 4.78 is 65.4. The van der Waals surface area contributed by atoms with E-state index in [1.165, 1.54) is 24.5 Å². The van der Waals surface area contributed by atoms with Gasteiger partial charge in [0.1, 0.15) is 20.1 Å². The molecule has 0 saturated carbocycles. The maximum Gasteiger partial charge on any atom is 0.416 e.